The second-order valence-electron chi connectivity index (χ2n) is 24.4. The van der Waals surface area contributed by atoms with E-state index in [0.29, 0.717) is 136 Å². The van der Waals surface area contributed by atoms with Crippen LogP contribution in [0.2, 0.25) is 10.0 Å². The summed E-state index contributed by atoms with van der Waals surface area (Å²) in [6, 6.07) is 21.4. The van der Waals surface area contributed by atoms with Crippen molar-refractivity contribution in [2.24, 2.45) is 5.92 Å². The molecule has 0 bridgehead atoms. The van der Waals surface area contributed by atoms with Crippen molar-refractivity contribution in [1.29, 1.82) is 5.26 Å². The lowest BCUT2D eigenvalue weighted by molar-refractivity contribution is -0.131. The van der Waals surface area contributed by atoms with Crippen LogP contribution in [0, 0.1) is 23.8 Å². The number of amides is 4. The monoisotopic (exact) mass is 1310 g/mol. The number of piperazine rings is 2. The van der Waals surface area contributed by atoms with Gasteiger partial charge in [0.05, 0.1) is 45.8 Å². The van der Waals surface area contributed by atoms with Crippen LogP contribution in [0.4, 0.5) is 10.5 Å². The maximum Gasteiger partial charge on any atom is 0.314 e. The number of rotatable bonds is 27. The first-order valence-corrected chi connectivity index (χ1v) is 35.5. The maximum absolute atomic E-state index is 13.6. The van der Waals surface area contributed by atoms with Crippen LogP contribution < -0.4 is 35.5 Å². The van der Waals surface area contributed by atoms with Gasteiger partial charge in [0.2, 0.25) is 21.8 Å². The molecule has 6 aliphatic rings. The Bertz CT molecular complexity index is 3310. The number of nitriles is 1. The van der Waals surface area contributed by atoms with Crippen LogP contribution in [-0.2, 0) is 47.1 Å². The molecule has 90 heavy (non-hydrogen) atoms. The zero-order chi connectivity index (χ0) is 63.4. The Labute approximate surface area is 538 Å². The number of nitrogens with one attached hydrogen (secondary N) is 5. The van der Waals surface area contributed by atoms with Crippen molar-refractivity contribution in [1.82, 2.24) is 45.6 Å². The second-order valence-corrected chi connectivity index (χ2v) is 29.1. The number of fused-ring (bicyclic) bond motifs is 2. The van der Waals surface area contributed by atoms with Crippen molar-refractivity contribution >= 4 is 72.4 Å². The van der Waals surface area contributed by atoms with Crippen LogP contribution in [0.25, 0.3) is 4.85 Å². The number of ketones is 1. The quantitative estimate of drug-likeness (QED) is 0.0290. The van der Waals surface area contributed by atoms with E-state index in [1.807, 2.05) is 12.1 Å². The zero-order valence-electron chi connectivity index (χ0n) is 50.7. The molecule has 0 unspecified atom stereocenters. The van der Waals surface area contributed by atoms with Crippen molar-refractivity contribution in [3.05, 3.63) is 122 Å². The molecule has 10 rings (SSSR count). The second kappa shape index (κ2) is 30.8. The average molecular weight is 1310 g/mol. The van der Waals surface area contributed by atoms with Gasteiger partial charge in [0, 0.05) is 133 Å². The smallest absolute Gasteiger partial charge is 0.314 e. The van der Waals surface area contributed by atoms with Gasteiger partial charge in [-0.15, -0.1) is 0 Å². The molecule has 4 saturated heterocycles. The van der Waals surface area contributed by atoms with Gasteiger partial charge in [0.25, 0.3) is 0 Å². The summed E-state index contributed by atoms with van der Waals surface area (Å²) in [6.07, 6.45) is 6.57. The first-order valence-electron chi connectivity index (χ1n) is 31.6. The number of urea groups is 1. The lowest BCUT2D eigenvalue weighted by Crippen LogP contribution is -2.50. The molecular weight excluding hydrogens is 1230 g/mol. The van der Waals surface area contributed by atoms with E-state index in [4.69, 9.17) is 39.2 Å². The van der Waals surface area contributed by atoms with E-state index in [-0.39, 0.29) is 82.7 Å². The molecule has 4 aromatic rings. The Morgan fingerprint density at radius 2 is 1.16 bits per heavy atom. The van der Waals surface area contributed by atoms with Gasteiger partial charge in [-0.3, -0.25) is 24.2 Å². The van der Waals surface area contributed by atoms with E-state index in [0.717, 1.165) is 81.0 Å². The first-order chi connectivity index (χ1) is 43.4. The summed E-state index contributed by atoms with van der Waals surface area (Å²) in [5.74, 6) is 0.692. The molecule has 0 aromatic heterocycles. The fraction of sp³-hybridized carbons (Fsp3) is 0.538. The molecule has 4 aliphatic heterocycles. The molecule has 4 heterocycles. The Hall–Kier alpha value is -6.38. The van der Waals surface area contributed by atoms with E-state index in [9.17, 15) is 41.3 Å². The number of unbranched alkanes of at least 4 members (excludes halogenated alkanes) is 3. The lowest BCUT2D eigenvalue weighted by Gasteiger charge is -2.36. The number of ether oxygens (including phenoxy) is 2. The molecule has 0 spiro atoms. The molecule has 25 heteroatoms. The summed E-state index contributed by atoms with van der Waals surface area (Å²) in [7, 11) is -7.57. The Morgan fingerprint density at radius 1 is 0.633 bits per heavy atom. The van der Waals surface area contributed by atoms with Crippen molar-refractivity contribution in [3.63, 3.8) is 0 Å². The molecule has 0 radical (unpaired) electrons. The highest BCUT2D eigenvalue weighted by Gasteiger charge is 2.42. The topological polar surface area (TPSA) is 256 Å². The molecule has 482 valence electrons. The van der Waals surface area contributed by atoms with E-state index in [1.54, 1.807) is 58.3 Å². The predicted molar refractivity (Wildman–Crippen MR) is 342 cm³/mol. The summed E-state index contributed by atoms with van der Waals surface area (Å²) >= 11 is 12.9. The van der Waals surface area contributed by atoms with Gasteiger partial charge >= 0.3 is 6.03 Å². The predicted octanol–water partition coefficient (Wildman–Crippen LogP) is 7.29. The number of sulfonamides is 1. The lowest BCUT2D eigenvalue weighted by atomic mass is 10.0. The van der Waals surface area contributed by atoms with Crippen LogP contribution in [0.3, 0.4) is 0 Å². The van der Waals surface area contributed by atoms with Gasteiger partial charge in [-0.25, -0.2) is 31.2 Å². The summed E-state index contributed by atoms with van der Waals surface area (Å²) in [5.41, 5.74) is 4.68. The fourth-order valence-corrected chi connectivity index (χ4v) is 16.9. The normalized spacial score (nSPS) is 21.9. The standard InChI is InChI=1S/C65H81Cl2N11O10S2/c1-69-58-37-47(67)36-57-55(58)39-60(76-32-26-71-27-33-76)64(57)88-51-14-18-53(19-15-51)90(85,86)74-48-21-29-78(42-48)61(80)10-5-4-9-49(79)8-3-2-6-22-72-65(82)73-23-7-11-62(81)77-28-20-44(41-77)43-89(83,84)52-16-12-50(13-17-52)87-63-56-35-46(66)34-45(40-68)54(56)38-59(63)75-30-24-70-25-31-75/h12-19,34-37,44,48,59-60,63-64,70-71,74H,2-11,20-33,38-39,41-43H2,(H2,72,73,82)/t44-,48-,59+,60+,63+,64+/m1/s1. The molecule has 4 amide bonds. The van der Waals surface area contributed by atoms with Crippen LogP contribution in [0.15, 0.2) is 82.6 Å². The van der Waals surface area contributed by atoms with Gasteiger partial charge in [-0.05, 0) is 159 Å². The number of carbonyl (C=O) groups is 4. The van der Waals surface area contributed by atoms with E-state index < -0.39 is 32.0 Å². The van der Waals surface area contributed by atoms with Crippen LogP contribution in [-0.4, -0.2) is 176 Å². The first kappa shape index (κ1) is 66.5. The third kappa shape index (κ3) is 17.0. The molecule has 4 aromatic carbocycles. The third-order valence-corrected chi connectivity index (χ3v) is 22.1. The average Bonchev–Trinajstić information content (AvgIpc) is 1.66. The number of likely N-dealkylation sites (tertiary alicyclic amines) is 2. The highest BCUT2D eigenvalue weighted by Crippen LogP contribution is 2.45. The summed E-state index contributed by atoms with van der Waals surface area (Å²) in [4.78, 5) is 63.4. The molecule has 5 N–H and O–H groups in total. The van der Waals surface area contributed by atoms with Crippen molar-refractivity contribution < 1.29 is 45.5 Å². The number of benzene rings is 4. The van der Waals surface area contributed by atoms with Crippen LogP contribution in [0.5, 0.6) is 11.5 Å². The SMILES string of the molecule is [C-]#[N+]c1cc(Cl)cc2c1C[C@H](N1CCNCC1)[C@H]2Oc1ccc(S(=O)(=O)N[C@@H]2CCN(C(=O)CCCCC(=O)CCCCCNC(=O)NCCCC(=O)N3CC[C@@H](CS(=O)(=O)c4ccc(O[C@H]5c6cc(Cl)cc(C#N)c6C[C@@H]5N5CCNCC5)cc4)C3)C2)cc1. The number of hydrogen-bond donors (Lipinski definition) is 5. The Morgan fingerprint density at radius 3 is 1.77 bits per heavy atom. The van der Waals surface area contributed by atoms with E-state index in [1.165, 1.54) is 12.1 Å². The number of carbonyl (C=O) groups excluding carboxylic acids is 4. The number of halogens is 2. The van der Waals surface area contributed by atoms with E-state index >= 15 is 0 Å². The van der Waals surface area contributed by atoms with E-state index in [2.05, 4.69) is 46.7 Å². The maximum atomic E-state index is 13.6. The minimum atomic E-state index is -3.90. The molecule has 21 nitrogen and oxygen atoms in total. The number of hydrogen-bond acceptors (Lipinski definition) is 15. The number of Topliss-reactive ketones (excluding diaryl/α,β-unsaturated/α-hetero) is 1. The molecule has 6 atom stereocenters. The van der Waals surface area contributed by atoms with Crippen molar-refractivity contribution in [3.8, 4) is 17.6 Å². The summed E-state index contributed by atoms with van der Waals surface area (Å²) < 4.78 is 70.2. The summed E-state index contributed by atoms with van der Waals surface area (Å²) in [6.45, 7) is 16.8. The molecule has 4 fully saturated rings. The largest absolute Gasteiger partial charge is 0.484 e. The zero-order valence-corrected chi connectivity index (χ0v) is 53.9. The van der Waals surface area contributed by atoms with Crippen molar-refractivity contribution in [2.45, 2.75) is 130 Å². The minimum absolute atomic E-state index is 0.00824. The van der Waals surface area contributed by atoms with Crippen LogP contribution >= 0.6 is 23.2 Å². The fourth-order valence-electron chi connectivity index (χ4n) is 13.5. The van der Waals surface area contributed by atoms with Crippen molar-refractivity contribution in [2.75, 3.05) is 97.4 Å². The van der Waals surface area contributed by atoms with Gasteiger partial charge in [-0.2, -0.15) is 5.26 Å². The van der Waals surface area contributed by atoms with Crippen LogP contribution in [0.1, 0.15) is 117 Å². The Balaban J connectivity index is 0.549. The Kier molecular flexibility index (Phi) is 22.8. The number of nitrogens with zero attached hydrogens (tertiary/aromatic N) is 6. The third-order valence-electron chi connectivity index (χ3n) is 18.3. The molecule has 2 aliphatic carbocycles. The van der Waals surface area contributed by atoms with Gasteiger partial charge in [-0.1, -0.05) is 29.6 Å². The highest BCUT2D eigenvalue weighted by molar-refractivity contribution is 7.91. The van der Waals surface area contributed by atoms with Gasteiger partial charge in [0.15, 0.2) is 15.5 Å². The summed E-state index contributed by atoms with van der Waals surface area (Å²) in [5, 5.41) is 23.2. The molecule has 0 saturated carbocycles. The molecular formula is C65H81Cl2N11O10S2. The number of sulfone groups is 1. The van der Waals surface area contributed by atoms with Gasteiger partial charge in [0.1, 0.15) is 29.5 Å². The minimum Gasteiger partial charge on any atom is -0.484 e. The highest BCUT2D eigenvalue weighted by atomic mass is 35.5. The van der Waals surface area contributed by atoms with Gasteiger partial charge < -0.3 is 40.5 Å².